The molecule has 46 heavy (non-hydrogen) atoms. The van der Waals surface area contributed by atoms with Crippen molar-refractivity contribution in [2.45, 2.75) is 134 Å². The highest BCUT2D eigenvalue weighted by molar-refractivity contribution is 6.71. The van der Waals surface area contributed by atoms with Crippen molar-refractivity contribution in [3.8, 4) is 6.07 Å². The minimum Gasteiger partial charge on any atom is -0.415 e. The van der Waals surface area contributed by atoms with Gasteiger partial charge in [-0.3, -0.25) is 0 Å². The molecule has 254 valence electrons. The van der Waals surface area contributed by atoms with E-state index >= 15 is 0 Å². The van der Waals surface area contributed by atoms with Gasteiger partial charge in [0.15, 0.2) is 33.3 Å². The smallest absolute Gasteiger partial charge is 0.221 e. The number of hydrogen-bond acceptors (Lipinski definition) is 7. The van der Waals surface area contributed by atoms with Gasteiger partial charge in [-0.2, -0.15) is 5.26 Å². The van der Waals surface area contributed by atoms with Gasteiger partial charge in [0.25, 0.3) is 0 Å². The van der Waals surface area contributed by atoms with Crippen molar-refractivity contribution in [1.29, 1.82) is 5.26 Å². The maximum Gasteiger partial charge on any atom is 0.221 e. The normalized spacial score (nSPS) is 26.2. The zero-order chi connectivity index (χ0) is 34.3. The lowest BCUT2D eigenvalue weighted by atomic mass is 9.86. The highest BCUT2D eigenvalue weighted by atomic mass is 28.4. The Kier molecular flexibility index (Phi) is 11.2. The molecule has 4 rings (SSSR count). The molecule has 2 aromatic rings. The summed E-state index contributed by atoms with van der Waals surface area (Å²) in [6, 6.07) is 16.6. The van der Waals surface area contributed by atoms with Gasteiger partial charge >= 0.3 is 0 Å². The molecule has 0 spiro atoms. The van der Waals surface area contributed by atoms with Crippen molar-refractivity contribution in [3.63, 3.8) is 0 Å². The largest absolute Gasteiger partial charge is 0.415 e. The van der Waals surface area contributed by atoms with Gasteiger partial charge in [0.05, 0.1) is 18.2 Å². The van der Waals surface area contributed by atoms with E-state index in [-0.39, 0.29) is 6.61 Å². The van der Waals surface area contributed by atoms with Crippen molar-refractivity contribution in [2.75, 3.05) is 6.61 Å². The van der Waals surface area contributed by atoms with Crippen LogP contribution < -0.4 is 0 Å². The van der Waals surface area contributed by atoms with E-state index in [1.807, 2.05) is 6.07 Å². The van der Waals surface area contributed by atoms with Crippen LogP contribution in [0, 0.1) is 11.3 Å². The van der Waals surface area contributed by atoms with Gasteiger partial charge in [0.1, 0.15) is 24.4 Å². The summed E-state index contributed by atoms with van der Waals surface area (Å²) in [5.41, 5.74) is 4.46. The molecule has 2 aliphatic rings. The van der Waals surface area contributed by atoms with E-state index in [1.165, 1.54) is 18.4 Å². The predicted octanol–water partition coefficient (Wildman–Crippen LogP) is 8.08. The van der Waals surface area contributed by atoms with E-state index in [0.717, 1.165) is 11.1 Å². The number of benzene rings is 2. The van der Waals surface area contributed by atoms with Crippen LogP contribution in [0.1, 0.15) is 46.6 Å². The molecular weight excluding hydrogens is 643 g/mol. The van der Waals surface area contributed by atoms with Crippen LogP contribution in [0.25, 0.3) is 0 Å². The van der Waals surface area contributed by atoms with E-state index in [4.69, 9.17) is 22.4 Å². The van der Waals surface area contributed by atoms with Crippen LogP contribution in [0.2, 0.25) is 78.6 Å². The summed E-state index contributed by atoms with van der Waals surface area (Å²) in [6.07, 6.45) is 0.558. The molecule has 11 heteroatoms. The standard InChI is InChI=1S/C35H57NO6Si4/c1-43(2,3)38-24-31-32(40-44(4,5)6)33(41-45(7,8)9)34(42-46(10,11)12)35(37,39-31)30-20-19-28(23-36)29(22-30)21-25-13-15-26(16-14-25)27-17-18-27/h13-16,19-20,22,27,31-34,37H,17-18,21,24H2,1-12H3/t31-,32-,33+,34-,35+/m1/s1. The summed E-state index contributed by atoms with van der Waals surface area (Å²) in [7, 11) is -8.52. The topological polar surface area (TPSA) is 90.2 Å². The molecule has 5 atom stereocenters. The first-order chi connectivity index (χ1) is 21.1. The number of hydrogen-bond donors (Lipinski definition) is 1. The van der Waals surface area contributed by atoms with Crippen LogP contribution in [0.15, 0.2) is 42.5 Å². The number of aliphatic hydroxyl groups is 1. The van der Waals surface area contributed by atoms with Gasteiger partial charge in [-0.15, -0.1) is 0 Å². The number of nitrogens with zero attached hydrogens (tertiary/aromatic N) is 1. The van der Waals surface area contributed by atoms with Crippen LogP contribution >= 0.6 is 0 Å². The summed E-state index contributed by atoms with van der Waals surface area (Å²) in [6.45, 7) is 26.0. The molecule has 0 bridgehead atoms. The molecule has 2 fully saturated rings. The Balaban J connectivity index is 1.84. The lowest BCUT2D eigenvalue weighted by Gasteiger charge is -2.54. The maximum atomic E-state index is 12.9. The molecule has 0 amide bonds. The molecule has 1 saturated carbocycles. The summed E-state index contributed by atoms with van der Waals surface area (Å²) >= 11 is 0. The van der Waals surface area contributed by atoms with Crippen LogP contribution in [-0.4, -0.2) is 69.4 Å². The molecule has 1 saturated heterocycles. The Hall–Kier alpha value is -1.44. The van der Waals surface area contributed by atoms with Crippen LogP contribution in [0.3, 0.4) is 0 Å². The maximum absolute atomic E-state index is 12.9. The van der Waals surface area contributed by atoms with Crippen LogP contribution in [-0.2, 0) is 34.6 Å². The average Bonchev–Trinajstić information content (AvgIpc) is 3.75. The molecule has 1 N–H and O–H groups in total. The van der Waals surface area contributed by atoms with Gasteiger partial charge in [0.2, 0.25) is 5.79 Å². The highest BCUT2D eigenvalue weighted by Crippen LogP contribution is 2.44. The van der Waals surface area contributed by atoms with Crippen molar-refractivity contribution in [2.24, 2.45) is 0 Å². The molecule has 1 aliphatic carbocycles. The zero-order valence-corrected chi connectivity index (χ0v) is 34.2. The molecule has 1 aliphatic heterocycles. The van der Waals surface area contributed by atoms with E-state index in [2.05, 4.69) is 109 Å². The third-order valence-corrected chi connectivity index (χ3v) is 11.9. The van der Waals surface area contributed by atoms with Crippen molar-refractivity contribution in [3.05, 3.63) is 70.3 Å². The third kappa shape index (κ3) is 10.3. The SMILES string of the molecule is C[Si](C)(C)OC[C@H]1O[C@@](O)(c2ccc(C#N)c(Cc3ccc(C4CC4)cc3)c2)[C@H](O[Si](C)(C)C)[C@@H](O[Si](C)(C)C)[C@@H]1O[Si](C)(C)C. The molecule has 0 aromatic heterocycles. The molecule has 0 unspecified atom stereocenters. The molecular formula is C35H57NO6Si4. The minimum atomic E-state index is -2.27. The second-order valence-electron chi connectivity index (χ2n) is 17.0. The predicted molar refractivity (Wildman–Crippen MR) is 195 cm³/mol. The van der Waals surface area contributed by atoms with Gasteiger partial charge < -0.3 is 27.5 Å². The second-order valence-corrected chi connectivity index (χ2v) is 34.9. The first-order valence-corrected chi connectivity index (χ1v) is 30.4. The van der Waals surface area contributed by atoms with Crippen LogP contribution in [0.5, 0.6) is 0 Å². The highest BCUT2D eigenvalue weighted by Gasteiger charge is 2.59. The van der Waals surface area contributed by atoms with Gasteiger partial charge in [0, 0.05) is 5.56 Å². The second kappa shape index (κ2) is 13.8. The molecule has 0 radical (unpaired) electrons. The van der Waals surface area contributed by atoms with E-state index in [9.17, 15) is 10.4 Å². The Labute approximate surface area is 282 Å². The quantitative estimate of drug-likeness (QED) is 0.212. The Bertz CT molecular complexity index is 1380. The van der Waals surface area contributed by atoms with E-state index in [1.54, 1.807) is 12.1 Å². The first kappa shape index (κ1) is 37.4. The molecule has 1 heterocycles. The third-order valence-electron chi connectivity index (χ3n) is 7.91. The number of rotatable bonds is 13. The fourth-order valence-electron chi connectivity index (χ4n) is 5.90. The van der Waals surface area contributed by atoms with Gasteiger partial charge in [-0.05, 0) is 133 Å². The van der Waals surface area contributed by atoms with Gasteiger partial charge in [-0.1, -0.05) is 30.3 Å². The lowest BCUT2D eigenvalue weighted by Crippen LogP contribution is -2.69. The van der Waals surface area contributed by atoms with E-state index in [0.29, 0.717) is 23.5 Å². The fraction of sp³-hybridized carbons (Fsp3) is 0.629. The molecule has 2 aromatic carbocycles. The summed E-state index contributed by atoms with van der Waals surface area (Å²) in [4.78, 5) is 0. The van der Waals surface area contributed by atoms with Crippen molar-refractivity contribution >= 4 is 33.3 Å². The number of ether oxygens (including phenoxy) is 1. The van der Waals surface area contributed by atoms with Crippen molar-refractivity contribution < 1.29 is 27.5 Å². The molecule has 7 nitrogen and oxygen atoms in total. The lowest BCUT2D eigenvalue weighted by molar-refractivity contribution is -0.348. The first-order valence-electron chi connectivity index (χ1n) is 16.8. The zero-order valence-electron chi connectivity index (χ0n) is 30.2. The van der Waals surface area contributed by atoms with Crippen molar-refractivity contribution in [1.82, 2.24) is 0 Å². The van der Waals surface area contributed by atoms with E-state index < -0.39 is 63.5 Å². The monoisotopic (exact) mass is 699 g/mol. The number of nitriles is 1. The average molecular weight is 700 g/mol. The summed E-state index contributed by atoms with van der Waals surface area (Å²) in [5.74, 6) is -1.18. The summed E-state index contributed by atoms with van der Waals surface area (Å²) in [5, 5.41) is 23.0. The minimum absolute atomic E-state index is 0.273. The fourth-order valence-corrected chi connectivity index (χ4v) is 9.79. The summed E-state index contributed by atoms with van der Waals surface area (Å²) < 4.78 is 34.1. The van der Waals surface area contributed by atoms with Crippen LogP contribution in [0.4, 0.5) is 0 Å². The Morgan fingerprint density at radius 3 is 1.85 bits per heavy atom. The Morgan fingerprint density at radius 2 is 1.35 bits per heavy atom. The Morgan fingerprint density at radius 1 is 0.783 bits per heavy atom. The van der Waals surface area contributed by atoms with Gasteiger partial charge in [-0.25, -0.2) is 0 Å².